The number of anilines is 1. The summed E-state index contributed by atoms with van der Waals surface area (Å²) in [5.74, 6) is -1.55. The second-order valence-corrected chi connectivity index (χ2v) is 12.2. The Morgan fingerprint density at radius 3 is 2.69 bits per heavy atom. The molecule has 3 aromatic rings. The Kier molecular flexibility index (Phi) is 7.79. The third-order valence-electron chi connectivity index (χ3n) is 5.71. The molecule has 1 aromatic carbocycles. The van der Waals surface area contributed by atoms with Gasteiger partial charge in [0.25, 0.3) is 11.8 Å². The quantitative estimate of drug-likeness (QED) is 0.122. The van der Waals surface area contributed by atoms with E-state index in [-0.39, 0.29) is 28.0 Å². The van der Waals surface area contributed by atoms with E-state index >= 15 is 0 Å². The van der Waals surface area contributed by atoms with Crippen LogP contribution < -0.4 is 11.1 Å². The second kappa shape index (κ2) is 11.3. The number of aromatic nitrogens is 2. The Hall–Kier alpha value is -3.60. The van der Waals surface area contributed by atoms with Crippen LogP contribution in [0.25, 0.3) is 11.3 Å². The second-order valence-electron chi connectivity index (χ2n) is 8.15. The minimum Gasteiger partial charge on any atom is -0.508 e. The number of β-lactam (4-membered cyclic amide) rings is 1. The average Bonchev–Trinajstić information content (AvgIpc) is 3.57. The monoisotopic (exact) mass is 604 g/mol. The average molecular weight is 605 g/mol. The molecule has 2 aliphatic heterocycles. The van der Waals surface area contributed by atoms with Gasteiger partial charge in [0.1, 0.15) is 35.7 Å². The molecule has 2 amide bonds. The molecule has 5 rings (SSSR count). The number of aromatic hydroxyl groups is 1. The molecule has 2 aromatic heterocycles. The highest BCUT2D eigenvalue weighted by Gasteiger charge is 2.54. The lowest BCUT2D eigenvalue weighted by Gasteiger charge is -2.49. The lowest BCUT2D eigenvalue weighted by atomic mass is 10.0. The SMILES string of the molecule is CON=C(C(=O)N[C@@H]1C(=O)N2C(C(=O)O)=C(CSc3nc(-c4ccc(O)cc4)cs3)CS[C@H]12)c1csc(N)n1. The number of carboxylic acids is 1. The maximum absolute atomic E-state index is 13.0. The number of oxime groups is 1. The number of nitrogens with zero attached hydrogens (tertiary/aromatic N) is 4. The number of carbonyl (C=O) groups excluding carboxylic acids is 2. The van der Waals surface area contributed by atoms with E-state index in [1.165, 1.54) is 46.9 Å². The first-order valence-corrected chi connectivity index (χ1v) is 15.0. The van der Waals surface area contributed by atoms with E-state index in [9.17, 15) is 24.6 Å². The minimum atomic E-state index is -1.21. The number of thioether (sulfide) groups is 2. The number of nitrogens with one attached hydrogen (secondary N) is 1. The fraction of sp³-hybridized carbons (Fsp3) is 0.217. The summed E-state index contributed by atoms with van der Waals surface area (Å²) in [6.45, 7) is 0. The van der Waals surface area contributed by atoms with Crippen LogP contribution in [0.5, 0.6) is 5.75 Å². The molecule has 16 heteroatoms. The van der Waals surface area contributed by atoms with Gasteiger partial charge in [0.05, 0.1) is 5.69 Å². The zero-order valence-electron chi connectivity index (χ0n) is 20.1. The molecule has 0 radical (unpaired) electrons. The topological polar surface area (TPSA) is 180 Å². The normalized spacial score (nSPS) is 18.9. The zero-order valence-corrected chi connectivity index (χ0v) is 23.3. The van der Waals surface area contributed by atoms with Crippen molar-refractivity contribution in [1.82, 2.24) is 20.2 Å². The molecule has 1 saturated heterocycles. The first kappa shape index (κ1) is 27.0. The molecule has 1 fully saturated rings. The summed E-state index contributed by atoms with van der Waals surface area (Å²) in [4.78, 5) is 52.7. The first-order chi connectivity index (χ1) is 18.8. The molecule has 39 heavy (non-hydrogen) atoms. The molecule has 0 saturated carbocycles. The number of carbonyl (C=O) groups is 3. The molecular formula is C23H20N6O6S4. The van der Waals surface area contributed by atoms with Gasteiger partial charge in [0.2, 0.25) is 0 Å². The Labute approximate surface area is 238 Å². The van der Waals surface area contributed by atoms with Crippen molar-refractivity contribution in [2.45, 2.75) is 15.8 Å². The van der Waals surface area contributed by atoms with Gasteiger partial charge in [-0.05, 0) is 29.8 Å². The summed E-state index contributed by atoms with van der Waals surface area (Å²) >= 11 is 5.31. The molecular weight excluding hydrogens is 585 g/mol. The van der Waals surface area contributed by atoms with Crippen molar-refractivity contribution in [3.63, 3.8) is 0 Å². The van der Waals surface area contributed by atoms with Gasteiger partial charge in [0, 0.05) is 27.8 Å². The van der Waals surface area contributed by atoms with Crippen molar-refractivity contribution in [2.75, 3.05) is 24.3 Å². The van der Waals surface area contributed by atoms with Crippen LogP contribution in [0.4, 0.5) is 5.13 Å². The number of hydrogen-bond acceptors (Lipinski definition) is 13. The van der Waals surface area contributed by atoms with Crippen LogP contribution in [0.2, 0.25) is 0 Å². The molecule has 4 heterocycles. The number of phenols is 1. The number of rotatable bonds is 9. The molecule has 0 aliphatic carbocycles. The predicted molar refractivity (Wildman–Crippen MR) is 150 cm³/mol. The zero-order chi connectivity index (χ0) is 27.7. The van der Waals surface area contributed by atoms with Gasteiger partial charge in [-0.15, -0.1) is 34.4 Å². The highest BCUT2D eigenvalue weighted by molar-refractivity contribution is 8.01. The van der Waals surface area contributed by atoms with E-state index in [0.717, 1.165) is 26.9 Å². The van der Waals surface area contributed by atoms with E-state index in [1.807, 2.05) is 5.38 Å². The van der Waals surface area contributed by atoms with E-state index in [4.69, 9.17) is 10.6 Å². The lowest BCUT2D eigenvalue weighted by molar-refractivity contribution is -0.150. The lowest BCUT2D eigenvalue weighted by Crippen LogP contribution is -2.71. The summed E-state index contributed by atoms with van der Waals surface area (Å²) in [5.41, 5.74) is 7.84. The number of amides is 2. The standard InChI is InChI=1S/C23H20N6O6S4/c1-35-28-15(14-9-37-22(24)25-14)18(31)27-16-19(32)29-17(21(33)34)11(6-36-20(16)29)7-38-23-26-13(8-39-23)10-2-4-12(30)5-3-10/h2-5,8-9,16,20,30H,6-7H2,1H3,(H2,24,25)(H,27,31)(H,33,34)/t16-,20-/m1/s1. The number of fused-ring (bicyclic) bond motifs is 1. The van der Waals surface area contributed by atoms with Gasteiger partial charge >= 0.3 is 5.97 Å². The van der Waals surface area contributed by atoms with Crippen molar-refractivity contribution < 1.29 is 29.4 Å². The maximum Gasteiger partial charge on any atom is 0.352 e. The van der Waals surface area contributed by atoms with Crippen molar-refractivity contribution in [2.24, 2.45) is 5.16 Å². The van der Waals surface area contributed by atoms with Crippen molar-refractivity contribution in [3.8, 4) is 17.0 Å². The van der Waals surface area contributed by atoms with Crippen molar-refractivity contribution in [1.29, 1.82) is 0 Å². The summed E-state index contributed by atoms with van der Waals surface area (Å²) < 4.78 is 0.746. The molecule has 2 aliphatic rings. The number of hydrogen-bond donors (Lipinski definition) is 4. The Morgan fingerprint density at radius 1 is 1.26 bits per heavy atom. The van der Waals surface area contributed by atoms with E-state index in [0.29, 0.717) is 17.1 Å². The van der Waals surface area contributed by atoms with E-state index in [2.05, 4.69) is 20.4 Å². The van der Waals surface area contributed by atoms with Crippen LogP contribution in [0, 0.1) is 0 Å². The van der Waals surface area contributed by atoms with Crippen molar-refractivity contribution >= 4 is 74.8 Å². The van der Waals surface area contributed by atoms with Gasteiger partial charge in [-0.25, -0.2) is 14.8 Å². The van der Waals surface area contributed by atoms with Crippen LogP contribution >= 0.6 is 46.2 Å². The van der Waals surface area contributed by atoms with Crippen LogP contribution in [-0.2, 0) is 19.2 Å². The van der Waals surface area contributed by atoms with E-state index < -0.39 is 29.2 Å². The fourth-order valence-corrected chi connectivity index (χ4v) is 7.80. The summed E-state index contributed by atoms with van der Waals surface area (Å²) in [6.07, 6.45) is 0. The molecule has 0 unspecified atom stereocenters. The maximum atomic E-state index is 13.0. The number of nitrogen functional groups attached to an aromatic ring is 1. The largest absolute Gasteiger partial charge is 0.508 e. The highest BCUT2D eigenvalue weighted by atomic mass is 32.2. The smallest absolute Gasteiger partial charge is 0.352 e. The number of nitrogens with two attached hydrogens (primary N) is 1. The number of thiazole rings is 2. The predicted octanol–water partition coefficient (Wildman–Crippen LogP) is 2.44. The van der Waals surface area contributed by atoms with Gasteiger partial charge in [-0.1, -0.05) is 16.9 Å². The Morgan fingerprint density at radius 2 is 2.03 bits per heavy atom. The van der Waals surface area contributed by atoms with Crippen LogP contribution in [0.3, 0.4) is 0 Å². The molecule has 12 nitrogen and oxygen atoms in total. The molecule has 0 bridgehead atoms. The molecule has 0 spiro atoms. The molecule has 202 valence electrons. The Balaban J connectivity index is 1.27. The minimum absolute atomic E-state index is 0.0740. The van der Waals surface area contributed by atoms with Crippen molar-refractivity contribution in [3.05, 3.63) is 52.0 Å². The van der Waals surface area contributed by atoms with Gasteiger partial charge < -0.3 is 26.1 Å². The summed E-state index contributed by atoms with van der Waals surface area (Å²) in [5, 5.41) is 28.9. The number of benzene rings is 1. The van der Waals surface area contributed by atoms with Gasteiger partial charge in [-0.3, -0.25) is 14.5 Å². The Bertz CT molecular complexity index is 1500. The first-order valence-electron chi connectivity index (χ1n) is 11.2. The third-order valence-corrected chi connectivity index (χ3v) is 9.84. The number of phenolic OH excluding ortho intramolecular Hbond substituents is 1. The third kappa shape index (κ3) is 5.45. The van der Waals surface area contributed by atoms with Gasteiger partial charge in [-0.2, -0.15) is 0 Å². The van der Waals surface area contributed by atoms with E-state index in [1.54, 1.807) is 29.6 Å². The highest BCUT2D eigenvalue weighted by Crippen LogP contribution is 2.42. The molecule has 5 N–H and O–H groups in total. The number of aliphatic carboxylic acids is 1. The van der Waals surface area contributed by atoms with Crippen LogP contribution in [0.1, 0.15) is 5.69 Å². The fourth-order valence-electron chi connectivity index (χ4n) is 3.93. The number of carboxylic acid groups (broad SMARTS) is 1. The van der Waals surface area contributed by atoms with Crippen LogP contribution in [-0.4, -0.2) is 78.6 Å². The summed E-state index contributed by atoms with van der Waals surface area (Å²) in [6, 6.07) is 5.77. The summed E-state index contributed by atoms with van der Waals surface area (Å²) in [7, 11) is 1.28. The van der Waals surface area contributed by atoms with Crippen LogP contribution in [0.15, 0.2) is 55.8 Å². The molecule has 2 atom stereocenters. The van der Waals surface area contributed by atoms with Gasteiger partial charge in [0.15, 0.2) is 15.2 Å².